The van der Waals surface area contributed by atoms with Crippen molar-refractivity contribution in [2.24, 2.45) is 5.41 Å². The van der Waals surface area contributed by atoms with Gasteiger partial charge in [0.2, 0.25) is 0 Å². The van der Waals surface area contributed by atoms with Gasteiger partial charge in [0.1, 0.15) is 5.82 Å². The molecule has 0 aliphatic carbocycles. The first-order chi connectivity index (χ1) is 8.04. The number of nitrogens with one attached hydrogen (secondary N) is 1. The highest BCUT2D eigenvalue weighted by atomic mass is 15.3. The molecule has 96 valence electrons. The smallest absolute Gasteiger partial charge is 0.150 e. The van der Waals surface area contributed by atoms with E-state index in [1.807, 2.05) is 0 Å². The van der Waals surface area contributed by atoms with Gasteiger partial charge in [-0.15, -0.1) is 10.2 Å². The lowest BCUT2D eigenvalue weighted by atomic mass is 9.85. The quantitative estimate of drug-likeness (QED) is 0.875. The number of aromatic nitrogens is 3. The molecule has 0 aromatic carbocycles. The van der Waals surface area contributed by atoms with E-state index in [0.717, 1.165) is 31.2 Å². The van der Waals surface area contributed by atoms with E-state index in [1.54, 1.807) is 0 Å². The summed E-state index contributed by atoms with van der Waals surface area (Å²) < 4.78 is 2.32. The summed E-state index contributed by atoms with van der Waals surface area (Å²) in [6.07, 6.45) is 3.47. The minimum absolute atomic E-state index is 0.188. The Morgan fingerprint density at radius 3 is 2.76 bits per heavy atom. The zero-order valence-corrected chi connectivity index (χ0v) is 11.5. The van der Waals surface area contributed by atoms with E-state index in [-0.39, 0.29) is 5.41 Å². The monoisotopic (exact) mass is 236 g/mol. The summed E-state index contributed by atoms with van der Waals surface area (Å²) in [5.41, 5.74) is 0.188. The Labute approximate surface area is 104 Å². The third-order valence-corrected chi connectivity index (χ3v) is 3.42. The summed E-state index contributed by atoms with van der Waals surface area (Å²) in [7, 11) is 0. The van der Waals surface area contributed by atoms with E-state index in [2.05, 4.69) is 47.8 Å². The fourth-order valence-corrected chi connectivity index (χ4v) is 2.43. The third-order valence-electron chi connectivity index (χ3n) is 3.42. The normalized spacial score (nSPS) is 20.4. The van der Waals surface area contributed by atoms with Crippen molar-refractivity contribution in [3.63, 3.8) is 0 Å². The van der Waals surface area contributed by atoms with Gasteiger partial charge in [0.25, 0.3) is 0 Å². The largest absolute Gasteiger partial charge is 0.312 e. The molecule has 0 bridgehead atoms. The van der Waals surface area contributed by atoms with Crippen LogP contribution in [0.15, 0.2) is 0 Å². The highest BCUT2D eigenvalue weighted by Crippen LogP contribution is 2.33. The highest BCUT2D eigenvalue weighted by Gasteiger charge is 2.33. The van der Waals surface area contributed by atoms with Crippen LogP contribution in [0.1, 0.15) is 58.2 Å². The number of hydrogen-bond donors (Lipinski definition) is 1. The van der Waals surface area contributed by atoms with Gasteiger partial charge in [0, 0.05) is 19.5 Å². The number of rotatable bonds is 3. The molecule has 1 aromatic rings. The van der Waals surface area contributed by atoms with Crippen LogP contribution < -0.4 is 5.32 Å². The minimum Gasteiger partial charge on any atom is -0.312 e. The molecule has 0 spiro atoms. The first-order valence-corrected chi connectivity index (χ1v) is 6.69. The molecule has 1 N–H and O–H groups in total. The Morgan fingerprint density at radius 1 is 1.35 bits per heavy atom. The number of unbranched alkanes of at least 4 members (excludes halogenated alkanes) is 1. The fraction of sp³-hybridized carbons (Fsp3) is 0.846. The second-order valence-electron chi connectivity index (χ2n) is 5.98. The van der Waals surface area contributed by atoms with E-state index in [4.69, 9.17) is 0 Å². The summed E-state index contributed by atoms with van der Waals surface area (Å²) >= 11 is 0. The van der Waals surface area contributed by atoms with Crippen LogP contribution in [0.5, 0.6) is 0 Å². The van der Waals surface area contributed by atoms with Crippen LogP contribution >= 0.6 is 0 Å². The zero-order valence-electron chi connectivity index (χ0n) is 11.5. The van der Waals surface area contributed by atoms with Gasteiger partial charge in [-0.3, -0.25) is 0 Å². The molecule has 17 heavy (non-hydrogen) atoms. The van der Waals surface area contributed by atoms with Crippen molar-refractivity contribution in [3.05, 3.63) is 11.6 Å². The van der Waals surface area contributed by atoms with Crippen LogP contribution in [0.2, 0.25) is 0 Å². The molecule has 0 saturated carbocycles. The third kappa shape index (κ3) is 2.51. The van der Waals surface area contributed by atoms with Crippen LogP contribution in [0.4, 0.5) is 0 Å². The van der Waals surface area contributed by atoms with Gasteiger partial charge in [-0.25, -0.2) is 0 Å². The number of hydrogen-bond acceptors (Lipinski definition) is 3. The molecule has 0 amide bonds. The molecule has 1 aliphatic rings. The van der Waals surface area contributed by atoms with Crippen molar-refractivity contribution in [2.45, 2.75) is 59.5 Å². The predicted molar refractivity (Wildman–Crippen MR) is 68.8 cm³/mol. The van der Waals surface area contributed by atoms with Crippen molar-refractivity contribution >= 4 is 0 Å². The molecule has 1 atom stereocenters. The van der Waals surface area contributed by atoms with Gasteiger partial charge in [-0.2, -0.15) is 0 Å². The standard InChI is InChI=1S/C13H24N4/c1-5-6-7-10-15-16-12-11(13(2,3)4)14-8-9-17(10)12/h11,14H,5-9H2,1-4H3. The Kier molecular flexibility index (Phi) is 3.52. The molecular weight excluding hydrogens is 212 g/mol. The molecule has 1 aromatic heterocycles. The Hall–Kier alpha value is -0.900. The van der Waals surface area contributed by atoms with Gasteiger partial charge in [0.05, 0.1) is 6.04 Å². The highest BCUT2D eigenvalue weighted by molar-refractivity contribution is 5.08. The predicted octanol–water partition coefficient (Wildman–Crippen LogP) is 2.31. The summed E-state index contributed by atoms with van der Waals surface area (Å²) in [6, 6.07) is 0.319. The van der Waals surface area contributed by atoms with E-state index in [0.29, 0.717) is 6.04 Å². The second-order valence-corrected chi connectivity index (χ2v) is 5.98. The van der Waals surface area contributed by atoms with Gasteiger partial charge in [-0.1, -0.05) is 34.1 Å². The average molecular weight is 236 g/mol. The van der Waals surface area contributed by atoms with E-state index >= 15 is 0 Å². The maximum atomic E-state index is 4.41. The van der Waals surface area contributed by atoms with Crippen molar-refractivity contribution in [1.29, 1.82) is 0 Å². The maximum Gasteiger partial charge on any atom is 0.150 e. The van der Waals surface area contributed by atoms with Crippen molar-refractivity contribution < 1.29 is 0 Å². The fourth-order valence-electron chi connectivity index (χ4n) is 2.43. The van der Waals surface area contributed by atoms with Crippen molar-refractivity contribution in [1.82, 2.24) is 20.1 Å². The summed E-state index contributed by atoms with van der Waals surface area (Å²) in [5.74, 6) is 2.28. The average Bonchev–Trinajstić information content (AvgIpc) is 2.67. The van der Waals surface area contributed by atoms with E-state index < -0.39 is 0 Å². The lowest BCUT2D eigenvalue weighted by Gasteiger charge is -2.34. The second kappa shape index (κ2) is 4.77. The lowest BCUT2D eigenvalue weighted by Crippen LogP contribution is -2.41. The number of nitrogens with zero attached hydrogens (tertiary/aromatic N) is 3. The number of fused-ring (bicyclic) bond motifs is 1. The molecule has 2 rings (SSSR count). The van der Waals surface area contributed by atoms with E-state index in [9.17, 15) is 0 Å². The van der Waals surface area contributed by atoms with Crippen LogP contribution in [0.3, 0.4) is 0 Å². The van der Waals surface area contributed by atoms with Crippen LogP contribution in [0.25, 0.3) is 0 Å². The SMILES string of the molecule is CCCCc1nnc2n1CCNC2C(C)(C)C. The molecule has 1 aliphatic heterocycles. The van der Waals surface area contributed by atoms with Crippen molar-refractivity contribution in [3.8, 4) is 0 Å². The number of aryl methyl sites for hydroxylation is 1. The van der Waals surface area contributed by atoms with Crippen LogP contribution in [0, 0.1) is 5.41 Å². The Bertz CT molecular complexity index is 375. The molecule has 0 saturated heterocycles. The topological polar surface area (TPSA) is 42.7 Å². The van der Waals surface area contributed by atoms with Gasteiger partial charge < -0.3 is 9.88 Å². The molecule has 4 nitrogen and oxygen atoms in total. The summed E-state index contributed by atoms with van der Waals surface area (Å²) in [4.78, 5) is 0. The molecule has 1 unspecified atom stereocenters. The summed E-state index contributed by atoms with van der Waals surface area (Å²) in [5, 5.41) is 12.3. The van der Waals surface area contributed by atoms with Crippen molar-refractivity contribution in [2.75, 3.05) is 6.54 Å². The van der Waals surface area contributed by atoms with Crippen LogP contribution in [-0.2, 0) is 13.0 Å². The van der Waals surface area contributed by atoms with Gasteiger partial charge in [-0.05, 0) is 11.8 Å². The minimum atomic E-state index is 0.188. The molecule has 2 heterocycles. The van der Waals surface area contributed by atoms with Gasteiger partial charge in [0.15, 0.2) is 5.82 Å². The first-order valence-electron chi connectivity index (χ1n) is 6.69. The molecule has 4 heteroatoms. The molecule has 0 radical (unpaired) electrons. The zero-order chi connectivity index (χ0) is 12.5. The molecular formula is C13H24N4. The Morgan fingerprint density at radius 2 is 2.12 bits per heavy atom. The van der Waals surface area contributed by atoms with Gasteiger partial charge >= 0.3 is 0 Å². The summed E-state index contributed by atoms with van der Waals surface area (Å²) in [6.45, 7) is 11.0. The van der Waals surface area contributed by atoms with E-state index in [1.165, 1.54) is 12.8 Å². The Balaban J connectivity index is 2.25. The van der Waals surface area contributed by atoms with Crippen LogP contribution in [-0.4, -0.2) is 21.3 Å². The first kappa shape index (κ1) is 12.6. The lowest BCUT2D eigenvalue weighted by molar-refractivity contribution is 0.232. The molecule has 0 fully saturated rings. The maximum absolute atomic E-state index is 4.41.